The molecule has 0 saturated carbocycles. The SMILES string of the molecule is CC(C)Cc1ccc(C(CN)N(C)Cc2ccsc2)cc1. The van der Waals surface area contributed by atoms with Crippen molar-refractivity contribution in [2.45, 2.75) is 32.9 Å². The van der Waals surface area contributed by atoms with Crippen molar-refractivity contribution in [3.63, 3.8) is 0 Å². The van der Waals surface area contributed by atoms with E-state index in [1.807, 2.05) is 0 Å². The predicted molar refractivity (Wildman–Crippen MR) is 92.6 cm³/mol. The molecule has 2 N–H and O–H groups in total. The van der Waals surface area contributed by atoms with Gasteiger partial charge in [0.1, 0.15) is 0 Å². The number of thiophene rings is 1. The molecular weight excluding hydrogens is 276 g/mol. The highest BCUT2D eigenvalue weighted by atomic mass is 32.1. The Labute approximate surface area is 132 Å². The topological polar surface area (TPSA) is 29.3 Å². The summed E-state index contributed by atoms with van der Waals surface area (Å²) in [6, 6.07) is 11.4. The molecule has 1 atom stereocenters. The number of benzene rings is 1. The first-order chi connectivity index (χ1) is 10.1. The molecule has 1 unspecified atom stereocenters. The Bertz CT molecular complexity index is 517. The standard InChI is InChI=1S/C18H26N2S/c1-14(2)10-15-4-6-17(7-5-15)18(11-19)20(3)12-16-8-9-21-13-16/h4-9,13-14,18H,10-12,19H2,1-3H3. The molecule has 0 bridgehead atoms. The van der Waals surface area contributed by atoms with Gasteiger partial charge < -0.3 is 5.73 Å². The van der Waals surface area contributed by atoms with Crippen LogP contribution in [0.5, 0.6) is 0 Å². The van der Waals surface area contributed by atoms with E-state index >= 15 is 0 Å². The minimum atomic E-state index is 0.276. The Balaban J connectivity index is 2.05. The van der Waals surface area contributed by atoms with Gasteiger partial charge >= 0.3 is 0 Å². The molecule has 21 heavy (non-hydrogen) atoms. The molecule has 3 heteroatoms. The summed E-state index contributed by atoms with van der Waals surface area (Å²) in [7, 11) is 2.15. The van der Waals surface area contributed by atoms with E-state index in [2.05, 4.69) is 66.9 Å². The number of rotatable bonds is 7. The molecule has 114 valence electrons. The predicted octanol–water partition coefficient (Wildman–Crippen LogP) is 4.08. The highest BCUT2D eigenvalue weighted by Gasteiger charge is 2.15. The zero-order valence-corrected chi connectivity index (χ0v) is 14.1. The van der Waals surface area contributed by atoms with Gasteiger partial charge in [0.15, 0.2) is 0 Å². The van der Waals surface area contributed by atoms with E-state index in [4.69, 9.17) is 5.73 Å². The lowest BCUT2D eigenvalue weighted by Crippen LogP contribution is -2.30. The first-order valence-electron chi connectivity index (χ1n) is 7.60. The average molecular weight is 302 g/mol. The minimum absolute atomic E-state index is 0.276. The number of likely N-dealkylation sites (N-methyl/N-ethyl adjacent to an activating group) is 1. The largest absolute Gasteiger partial charge is 0.329 e. The number of hydrogen-bond donors (Lipinski definition) is 1. The molecule has 0 amide bonds. The van der Waals surface area contributed by atoms with Crippen molar-refractivity contribution in [1.82, 2.24) is 4.90 Å². The van der Waals surface area contributed by atoms with Gasteiger partial charge in [-0.15, -0.1) is 0 Å². The van der Waals surface area contributed by atoms with Crippen LogP contribution in [0.15, 0.2) is 41.1 Å². The van der Waals surface area contributed by atoms with Gasteiger partial charge in [-0.2, -0.15) is 11.3 Å². The Morgan fingerprint density at radius 2 is 1.81 bits per heavy atom. The van der Waals surface area contributed by atoms with E-state index in [1.165, 1.54) is 16.7 Å². The summed E-state index contributed by atoms with van der Waals surface area (Å²) in [5, 5.41) is 4.33. The second-order valence-corrected chi connectivity index (χ2v) is 6.92. The van der Waals surface area contributed by atoms with E-state index in [0.717, 1.165) is 13.0 Å². The molecule has 1 heterocycles. The molecule has 0 radical (unpaired) electrons. The lowest BCUT2D eigenvalue weighted by atomic mass is 9.99. The lowest BCUT2D eigenvalue weighted by molar-refractivity contribution is 0.242. The lowest BCUT2D eigenvalue weighted by Gasteiger charge is -2.27. The van der Waals surface area contributed by atoms with Gasteiger partial charge in [-0.05, 0) is 52.9 Å². The number of nitrogens with zero attached hydrogens (tertiary/aromatic N) is 1. The molecule has 1 aromatic carbocycles. The summed E-state index contributed by atoms with van der Waals surface area (Å²) in [6.45, 7) is 6.10. The second kappa shape index (κ2) is 7.74. The van der Waals surface area contributed by atoms with Crippen LogP contribution in [0.1, 0.15) is 36.6 Å². The van der Waals surface area contributed by atoms with E-state index in [-0.39, 0.29) is 6.04 Å². The van der Waals surface area contributed by atoms with Crippen LogP contribution >= 0.6 is 11.3 Å². The third-order valence-corrected chi connectivity index (χ3v) is 4.51. The molecular formula is C18H26N2S. The smallest absolute Gasteiger partial charge is 0.0470 e. The fraction of sp³-hybridized carbons (Fsp3) is 0.444. The molecule has 2 nitrogen and oxygen atoms in total. The normalized spacial score (nSPS) is 13.0. The molecule has 0 fully saturated rings. The second-order valence-electron chi connectivity index (χ2n) is 6.14. The van der Waals surface area contributed by atoms with E-state index in [0.29, 0.717) is 12.5 Å². The summed E-state index contributed by atoms with van der Waals surface area (Å²) in [4.78, 5) is 2.33. The van der Waals surface area contributed by atoms with Crippen LogP contribution in [0.2, 0.25) is 0 Å². The Morgan fingerprint density at radius 3 is 2.33 bits per heavy atom. The maximum absolute atomic E-state index is 6.01. The quantitative estimate of drug-likeness (QED) is 0.835. The van der Waals surface area contributed by atoms with Crippen LogP contribution in [0.4, 0.5) is 0 Å². The van der Waals surface area contributed by atoms with Crippen LogP contribution in [-0.4, -0.2) is 18.5 Å². The average Bonchev–Trinajstić information content (AvgIpc) is 2.93. The van der Waals surface area contributed by atoms with Crippen molar-refractivity contribution in [1.29, 1.82) is 0 Å². The third kappa shape index (κ3) is 4.67. The van der Waals surface area contributed by atoms with E-state index in [1.54, 1.807) is 11.3 Å². The third-order valence-electron chi connectivity index (χ3n) is 3.78. The Hall–Kier alpha value is -1.16. The van der Waals surface area contributed by atoms with Crippen LogP contribution in [0, 0.1) is 5.92 Å². The van der Waals surface area contributed by atoms with Crippen molar-refractivity contribution in [2.24, 2.45) is 11.7 Å². The maximum Gasteiger partial charge on any atom is 0.0470 e. The van der Waals surface area contributed by atoms with Crippen molar-refractivity contribution in [3.05, 3.63) is 57.8 Å². The van der Waals surface area contributed by atoms with E-state index in [9.17, 15) is 0 Å². The Morgan fingerprint density at radius 1 is 1.10 bits per heavy atom. The summed E-state index contributed by atoms with van der Waals surface area (Å²) in [5.74, 6) is 0.697. The summed E-state index contributed by atoms with van der Waals surface area (Å²) < 4.78 is 0. The molecule has 1 aromatic heterocycles. The first kappa shape index (κ1) is 16.2. The molecule has 0 aliphatic heterocycles. The highest BCUT2D eigenvalue weighted by molar-refractivity contribution is 7.07. The van der Waals surface area contributed by atoms with Gasteiger partial charge in [-0.25, -0.2) is 0 Å². The zero-order chi connectivity index (χ0) is 15.2. The van der Waals surface area contributed by atoms with Crippen molar-refractivity contribution in [3.8, 4) is 0 Å². The summed E-state index contributed by atoms with van der Waals surface area (Å²) >= 11 is 1.75. The molecule has 0 saturated heterocycles. The van der Waals surface area contributed by atoms with Crippen molar-refractivity contribution < 1.29 is 0 Å². The zero-order valence-electron chi connectivity index (χ0n) is 13.3. The van der Waals surface area contributed by atoms with Crippen LogP contribution in [0.3, 0.4) is 0 Å². The summed E-state index contributed by atoms with van der Waals surface area (Å²) in [5.41, 5.74) is 10.1. The number of hydrogen-bond acceptors (Lipinski definition) is 3. The van der Waals surface area contributed by atoms with E-state index < -0.39 is 0 Å². The van der Waals surface area contributed by atoms with Crippen molar-refractivity contribution in [2.75, 3.05) is 13.6 Å². The number of nitrogens with two attached hydrogens (primary N) is 1. The minimum Gasteiger partial charge on any atom is -0.329 e. The van der Waals surface area contributed by atoms with Gasteiger partial charge in [0.05, 0.1) is 0 Å². The van der Waals surface area contributed by atoms with Gasteiger partial charge in [0, 0.05) is 19.1 Å². The fourth-order valence-corrected chi connectivity index (χ4v) is 3.36. The molecule has 2 aromatic rings. The highest BCUT2D eigenvalue weighted by Crippen LogP contribution is 2.22. The van der Waals surface area contributed by atoms with Crippen molar-refractivity contribution >= 4 is 11.3 Å². The molecule has 0 aliphatic rings. The van der Waals surface area contributed by atoms with Crippen LogP contribution < -0.4 is 5.73 Å². The molecule has 2 rings (SSSR count). The summed E-state index contributed by atoms with van der Waals surface area (Å²) in [6.07, 6.45) is 1.14. The molecule has 0 aliphatic carbocycles. The van der Waals surface area contributed by atoms with Crippen LogP contribution in [0.25, 0.3) is 0 Å². The molecule has 0 spiro atoms. The van der Waals surface area contributed by atoms with Gasteiger partial charge in [0.2, 0.25) is 0 Å². The first-order valence-corrected chi connectivity index (χ1v) is 8.54. The fourth-order valence-electron chi connectivity index (χ4n) is 2.70. The van der Waals surface area contributed by atoms with Gasteiger partial charge in [-0.3, -0.25) is 4.90 Å². The maximum atomic E-state index is 6.01. The monoisotopic (exact) mass is 302 g/mol. The van der Waals surface area contributed by atoms with Gasteiger partial charge in [-0.1, -0.05) is 38.1 Å². The van der Waals surface area contributed by atoms with Gasteiger partial charge in [0.25, 0.3) is 0 Å². The Kier molecular flexibility index (Phi) is 5.97. The van der Waals surface area contributed by atoms with Crippen LogP contribution in [-0.2, 0) is 13.0 Å².